The lowest BCUT2D eigenvalue weighted by molar-refractivity contribution is 0.341. The minimum Gasteiger partial charge on any atom is -0.492 e. The zero-order valence-corrected chi connectivity index (χ0v) is 13.6. The Bertz CT molecular complexity index is 578. The molecule has 0 atom stereocenters. The van der Waals surface area contributed by atoms with E-state index in [-0.39, 0.29) is 0 Å². The van der Waals surface area contributed by atoms with Crippen molar-refractivity contribution in [2.75, 3.05) is 11.9 Å². The number of benzene rings is 2. The van der Waals surface area contributed by atoms with Gasteiger partial charge in [0.2, 0.25) is 0 Å². The van der Waals surface area contributed by atoms with Crippen molar-refractivity contribution in [1.82, 2.24) is 0 Å². The molecule has 0 aromatic heterocycles. The van der Waals surface area contributed by atoms with Crippen LogP contribution in [0.3, 0.4) is 0 Å². The standard InChI is InChI=1S/C18H22ClNO/c1-4-21-18-10-9-16(19)11-17(18)20-12-14-5-7-15(8-6-14)13(2)3/h5-11,13,20H,4,12H2,1-3H3. The molecular formula is C18H22ClNO. The molecule has 2 rings (SSSR count). The SMILES string of the molecule is CCOc1ccc(Cl)cc1NCc1ccc(C(C)C)cc1. The van der Waals surface area contributed by atoms with Crippen LogP contribution in [0.25, 0.3) is 0 Å². The van der Waals surface area contributed by atoms with Crippen molar-refractivity contribution in [3.63, 3.8) is 0 Å². The third-order valence-electron chi connectivity index (χ3n) is 3.37. The fraction of sp³-hybridized carbons (Fsp3) is 0.333. The monoisotopic (exact) mass is 303 g/mol. The molecular weight excluding hydrogens is 282 g/mol. The molecule has 0 unspecified atom stereocenters. The van der Waals surface area contributed by atoms with Crippen LogP contribution in [0, 0.1) is 0 Å². The molecule has 2 nitrogen and oxygen atoms in total. The summed E-state index contributed by atoms with van der Waals surface area (Å²) in [6, 6.07) is 14.3. The van der Waals surface area contributed by atoms with Gasteiger partial charge in [0.1, 0.15) is 5.75 Å². The molecule has 3 heteroatoms. The van der Waals surface area contributed by atoms with Crippen molar-refractivity contribution in [2.45, 2.75) is 33.2 Å². The maximum atomic E-state index is 6.06. The molecule has 1 N–H and O–H groups in total. The van der Waals surface area contributed by atoms with Crippen molar-refractivity contribution < 1.29 is 4.74 Å². The van der Waals surface area contributed by atoms with Crippen molar-refractivity contribution in [3.8, 4) is 5.75 Å². The van der Waals surface area contributed by atoms with E-state index in [0.717, 1.165) is 18.0 Å². The van der Waals surface area contributed by atoms with Gasteiger partial charge in [-0.15, -0.1) is 0 Å². The van der Waals surface area contributed by atoms with Crippen LogP contribution in [0.2, 0.25) is 5.02 Å². The maximum Gasteiger partial charge on any atom is 0.142 e. The number of nitrogens with one attached hydrogen (secondary N) is 1. The zero-order chi connectivity index (χ0) is 15.2. The molecule has 0 aliphatic heterocycles. The van der Waals surface area contributed by atoms with Crippen molar-refractivity contribution in [3.05, 3.63) is 58.6 Å². The van der Waals surface area contributed by atoms with Gasteiger partial charge in [0.05, 0.1) is 12.3 Å². The molecule has 21 heavy (non-hydrogen) atoms. The quantitative estimate of drug-likeness (QED) is 0.763. The summed E-state index contributed by atoms with van der Waals surface area (Å²) in [5.41, 5.74) is 3.52. The Kier molecular flexibility index (Phi) is 5.51. The van der Waals surface area contributed by atoms with Gasteiger partial charge in [-0.3, -0.25) is 0 Å². The Morgan fingerprint density at radius 2 is 1.81 bits per heavy atom. The highest BCUT2D eigenvalue weighted by molar-refractivity contribution is 6.30. The largest absolute Gasteiger partial charge is 0.492 e. The Morgan fingerprint density at radius 3 is 2.43 bits per heavy atom. The summed E-state index contributed by atoms with van der Waals surface area (Å²) in [6.45, 7) is 7.77. The number of hydrogen-bond donors (Lipinski definition) is 1. The van der Waals surface area contributed by atoms with Crippen LogP contribution in [-0.4, -0.2) is 6.61 Å². The highest BCUT2D eigenvalue weighted by atomic mass is 35.5. The van der Waals surface area contributed by atoms with E-state index in [9.17, 15) is 0 Å². The summed E-state index contributed by atoms with van der Waals surface area (Å²) >= 11 is 6.06. The molecule has 0 radical (unpaired) electrons. The Morgan fingerprint density at radius 1 is 1.10 bits per heavy atom. The van der Waals surface area contributed by atoms with E-state index in [0.29, 0.717) is 17.5 Å². The van der Waals surface area contributed by atoms with Gasteiger partial charge >= 0.3 is 0 Å². The summed E-state index contributed by atoms with van der Waals surface area (Å²) in [4.78, 5) is 0. The number of ether oxygens (including phenoxy) is 1. The van der Waals surface area contributed by atoms with E-state index in [2.05, 4.69) is 43.4 Å². The van der Waals surface area contributed by atoms with Crippen molar-refractivity contribution >= 4 is 17.3 Å². The summed E-state index contributed by atoms with van der Waals surface area (Å²) in [5.74, 6) is 1.39. The van der Waals surface area contributed by atoms with Crippen LogP contribution >= 0.6 is 11.6 Å². The first kappa shape index (κ1) is 15.7. The van der Waals surface area contributed by atoms with Crippen LogP contribution in [0.4, 0.5) is 5.69 Å². The Labute approximate surface area is 132 Å². The first-order valence-corrected chi connectivity index (χ1v) is 7.73. The molecule has 2 aromatic carbocycles. The highest BCUT2D eigenvalue weighted by Crippen LogP contribution is 2.28. The predicted molar refractivity (Wildman–Crippen MR) is 90.5 cm³/mol. The van der Waals surface area contributed by atoms with Crippen molar-refractivity contribution in [2.24, 2.45) is 0 Å². The second kappa shape index (κ2) is 7.37. The van der Waals surface area contributed by atoms with E-state index < -0.39 is 0 Å². The minimum atomic E-state index is 0.560. The van der Waals surface area contributed by atoms with E-state index in [4.69, 9.17) is 16.3 Å². The molecule has 0 amide bonds. The van der Waals surface area contributed by atoms with Gasteiger partial charge in [0.25, 0.3) is 0 Å². The third-order valence-corrected chi connectivity index (χ3v) is 3.61. The van der Waals surface area contributed by atoms with Gasteiger partial charge in [0, 0.05) is 11.6 Å². The smallest absolute Gasteiger partial charge is 0.142 e. The van der Waals surface area contributed by atoms with Crippen LogP contribution in [-0.2, 0) is 6.54 Å². The summed E-state index contributed by atoms with van der Waals surface area (Å²) in [6.07, 6.45) is 0. The normalized spacial score (nSPS) is 10.7. The lowest BCUT2D eigenvalue weighted by Crippen LogP contribution is -2.03. The van der Waals surface area contributed by atoms with Crippen LogP contribution in [0.5, 0.6) is 5.75 Å². The Hall–Kier alpha value is -1.67. The summed E-state index contributed by atoms with van der Waals surface area (Å²) < 4.78 is 5.61. The predicted octanol–water partition coefficient (Wildman–Crippen LogP) is 5.47. The van der Waals surface area contributed by atoms with Crippen molar-refractivity contribution in [1.29, 1.82) is 0 Å². The molecule has 0 heterocycles. The molecule has 0 spiro atoms. The zero-order valence-electron chi connectivity index (χ0n) is 12.8. The highest BCUT2D eigenvalue weighted by Gasteiger charge is 2.05. The molecule has 2 aromatic rings. The molecule has 0 saturated carbocycles. The van der Waals surface area contributed by atoms with Gasteiger partial charge in [0.15, 0.2) is 0 Å². The van der Waals surface area contributed by atoms with Gasteiger partial charge in [-0.05, 0) is 42.2 Å². The molecule has 0 saturated heterocycles. The second-order valence-electron chi connectivity index (χ2n) is 5.32. The lowest BCUT2D eigenvalue weighted by Gasteiger charge is -2.13. The van der Waals surface area contributed by atoms with E-state index in [1.807, 2.05) is 25.1 Å². The number of rotatable bonds is 6. The summed E-state index contributed by atoms with van der Waals surface area (Å²) in [7, 11) is 0. The van der Waals surface area contributed by atoms with Gasteiger partial charge in [-0.1, -0.05) is 49.7 Å². The number of halogens is 1. The van der Waals surface area contributed by atoms with E-state index >= 15 is 0 Å². The fourth-order valence-electron chi connectivity index (χ4n) is 2.14. The molecule has 0 aliphatic carbocycles. The van der Waals surface area contributed by atoms with Crippen LogP contribution in [0.1, 0.15) is 37.8 Å². The lowest BCUT2D eigenvalue weighted by atomic mass is 10.0. The van der Waals surface area contributed by atoms with Crippen LogP contribution in [0.15, 0.2) is 42.5 Å². The first-order valence-electron chi connectivity index (χ1n) is 7.35. The summed E-state index contributed by atoms with van der Waals surface area (Å²) in [5, 5.41) is 4.10. The van der Waals surface area contributed by atoms with Gasteiger partial charge < -0.3 is 10.1 Å². The minimum absolute atomic E-state index is 0.560. The van der Waals surface area contributed by atoms with Gasteiger partial charge in [-0.2, -0.15) is 0 Å². The third kappa shape index (κ3) is 4.40. The van der Waals surface area contributed by atoms with E-state index in [1.54, 1.807) is 0 Å². The van der Waals surface area contributed by atoms with E-state index in [1.165, 1.54) is 11.1 Å². The van der Waals surface area contributed by atoms with Crippen LogP contribution < -0.4 is 10.1 Å². The number of anilines is 1. The average molecular weight is 304 g/mol. The average Bonchev–Trinajstić information content (AvgIpc) is 2.48. The molecule has 0 bridgehead atoms. The van der Waals surface area contributed by atoms with Gasteiger partial charge in [-0.25, -0.2) is 0 Å². The maximum absolute atomic E-state index is 6.06. The molecule has 0 fully saturated rings. The molecule has 0 aliphatic rings. The number of hydrogen-bond acceptors (Lipinski definition) is 2. The fourth-order valence-corrected chi connectivity index (χ4v) is 2.31. The topological polar surface area (TPSA) is 21.3 Å². The first-order chi connectivity index (χ1) is 10.1. The Balaban J connectivity index is 2.06. The second-order valence-corrected chi connectivity index (χ2v) is 5.76. The molecule has 112 valence electrons.